The first-order chi connectivity index (χ1) is 10.6. The molecular weight excluding hydrogens is 300 g/mol. The molecule has 0 aliphatic carbocycles. The zero-order chi connectivity index (χ0) is 15.7. The summed E-state index contributed by atoms with van der Waals surface area (Å²) >= 11 is 1.51. The third-order valence-electron chi connectivity index (χ3n) is 3.59. The molecule has 0 unspecified atom stereocenters. The van der Waals surface area contributed by atoms with Gasteiger partial charge in [-0.3, -0.25) is 14.2 Å². The molecule has 22 heavy (non-hydrogen) atoms. The van der Waals surface area contributed by atoms with Crippen molar-refractivity contribution in [1.29, 1.82) is 0 Å². The number of nitrogens with one attached hydrogen (secondary N) is 1. The molecule has 7 heteroatoms. The number of fused-ring (bicyclic) bond motifs is 1. The molecule has 0 spiro atoms. The molecule has 0 fully saturated rings. The van der Waals surface area contributed by atoms with Crippen LogP contribution >= 0.6 is 11.8 Å². The van der Waals surface area contributed by atoms with Crippen LogP contribution in [-0.2, 0) is 4.79 Å². The Balaban J connectivity index is 1.76. The van der Waals surface area contributed by atoms with Crippen LogP contribution in [-0.4, -0.2) is 26.2 Å². The minimum atomic E-state index is -0.163. The molecule has 1 aliphatic rings. The van der Waals surface area contributed by atoms with Gasteiger partial charge in [0.2, 0.25) is 5.91 Å². The van der Waals surface area contributed by atoms with Crippen LogP contribution in [0, 0.1) is 13.8 Å². The van der Waals surface area contributed by atoms with E-state index in [1.54, 1.807) is 23.9 Å². The predicted octanol–water partition coefficient (Wildman–Crippen LogP) is 1.93. The number of carbonyl (C=O) groups excluding carboxylic acids is 1. The highest BCUT2D eigenvalue weighted by Gasteiger charge is 2.27. The Hall–Kier alpha value is -2.15. The number of thioether (sulfide) groups is 1. The number of pyridine rings is 1. The van der Waals surface area contributed by atoms with Crippen molar-refractivity contribution in [3.63, 3.8) is 0 Å². The summed E-state index contributed by atoms with van der Waals surface area (Å²) in [4.78, 5) is 32.9. The first-order valence-electron chi connectivity index (χ1n) is 6.98. The van der Waals surface area contributed by atoms with Crippen molar-refractivity contribution in [3.8, 4) is 0 Å². The monoisotopic (exact) mass is 316 g/mol. The first-order valence-corrected chi connectivity index (χ1v) is 7.97. The highest BCUT2D eigenvalue weighted by Crippen LogP contribution is 2.32. The minimum Gasteiger partial charge on any atom is -0.310 e. The van der Waals surface area contributed by atoms with Crippen molar-refractivity contribution < 1.29 is 4.79 Å². The van der Waals surface area contributed by atoms with E-state index in [0.29, 0.717) is 22.3 Å². The number of rotatable bonds is 3. The molecule has 3 rings (SSSR count). The Morgan fingerprint density at radius 2 is 2.23 bits per heavy atom. The zero-order valence-corrected chi connectivity index (χ0v) is 13.2. The van der Waals surface area contributed by atoms with Crippen LogP contribution in [0.5, 0.6) is 0 Å². The van der Waals surface area contributed by atoms with E-state index in [4.69, 9.17) is 0 Å². The third-order valence-corrected chi connectivity index (χ3v) is 4.70. The van der Waals surface area contributed by atoms with Gasteiger partial charge in [0.25, 0.3) is 5.56 Å². The Kier molecular flexibility index (Phi) is 3.98. The van der Waals surface area contributed by atoms with E-state index in [2.05, 4.69) is 15.3 Å². The summed E-state index contributed by atoms with van der Waals surface area (Å²) < 4.78 is 1.63. The lowest BCUT2D eigenvalue weighted by molar-refractivity contribution is -0.116. The lowest BCUT2D eigenvalue weighted by atomic mass is 10.2. The second kappa shape index (κ2) is 5.92. The van der Waals surface area contributed by atoms with Gasteiger partial charge in [0.1, 0.15) is 5.82 Å². The normalized spacial score (nSPS) is 16.4. The molecule has 0 radical (unpaired) electrons. The van der Waals surface area contributed by atoms with Gasteiger partial charge < -0.3 is 5.32 Å². The molecule has 114 valence electrons. The lowest BCUT2D eigenvalue weighted by Crippen LogP contribution is -2.29. The number of carbonyl (C=O) groups is 1. The summed E-state index contributed by atoms with van der Waals surface area (Å²) in [5.41, 5.74) is 1.44. The second-order valence-electron chi connectivity index (χ2n) is 5.28. The van der Waals surface area contributed by atoms with Crippen molar-refractivity contribution in [2.75, 3.05) is 11.1 Å². The van der Waals surface area contributed by atoms with E-state index in [9.17, 15) is 9.59 Å². The molecule has 0 saturated heterocycles. The number of hydrogen-bond donors (Lipinski definition) is 1. The summed E-state index contributed by atoms with van der Waals surface area (Å²) in [6.45, 7) is 3.63. The van der Waals surface area contributed by atoms with Crippen LogP contribution in [0.2, 0.25) is 0 Å². The third kappa shape index (κ3) is 2.76. The number of hydrogen-bond acceptors (Lipinski definition) is 5. The topological polar surface area (TPSA) is 76.9 Å². The van der Waals surface area contributed by atoms with Crippen LogP contribution in [0.15, 0.2) is 34.5 Å². The summed E-state index contributed by atoms with van der Waals surface area (Å²) in [7, 11) is 0. The molecule has 1 amide bonds. The maximum Gasteiger partial charge on any atom is 0.257 e. The number of amides is 1. The fraction of sp³-hybridized carbons (Fsp3) is 0.333. The maximum absolute atomic E-state index is 12.2. The van der Waals surface area contributed by atoms with Crippen LogP contribution in [0.3, 0.4) is 0 Å². The van der Waals surface area contributed by atoms with Gasteiger partial charge in [-0.15, -0.1) is 0 Å². The predicted molar refractivity (Wildman–Crippen MR) is 85.2 cm³/mol. The SMILES string of the molecule is Cc1cccnc1NC(=O)C[C@H]1CSc2ncc(C)c(=O)n21. The first kappa shape index (κ1) is 14.8. The standard InChI is InChI=1S/C15H16N4O2S/c1-9-4-3-5-16-13(9)18-12(20)6-11-8-22-15-17-7-10(2)14(21)19(11)15/h3-5,7,11H,6,8H2,1-2H3,(H,16,18,20)/t11-/m0/s1. The van der Waals surface area contributed by atoms with Crippen LogP contribution in [0.1, 0.15) is 23.6 Å². The number of anilines is 1. The molecule has 2 aromatic heterocycles. The second-order valence-corrected chi connectivity index (χ2v) is 6.27. The van der Waals surface area contributed by atoms with Crippen molar-refractivity contribution in [2.24, 2.45) is 0 Å². The summed E-state index contributed by atoms with van der Waals surface area (Å²) in [5, 5.41) is 3.49. The Morgan fingerprint density at radius 3 is 3.00 bits per heavy atom. The van der Waals surface area contributed by atoms with E-state index in [-0.39, 0.29) is 23.9 Å². The quantitative estimate of drug-likeness (QED) is 0.876. The molecule has 1 N–H and O–H groups in total. The van der Waals surface area contributed by atoms with Gasteiger partial charge >= 0.3 is 0 Å². The van der Waals surface area contributed by atoms with Crippen molar-refractivity contribution in [2.45, 2.75) is 31.5 Å². The smallest absolute Gasteiger partial charge is 0.257 e. The van der Waals surface area contributed by atoms with Crippen LogP contribution in [0.4, 0.5) is 5.82 Å². The fourth-order valence-electron chi connectivity index (χ4n) is 2.38. The minimum absolute atomic E-state index is 0.0678. The van der Waals surface area contributed by atoms with Gasteiger partial charge in [0.15, 0.2) is 5.16 Å². The van der Waals surface area contributed by atoms with Gasteiger partial charge in [-0.2, -0.15) is 0 Å². The van der Waals surface area contributed by atoms with Gasteiger partial charge in [-0.25, -0.2) is 9.97 Å². The van der Waals surface area contributed by atoms with Crippen molar-refractivity contribution in [3.05, 3.63) is 46.0 Å². The highest BCUT2D eigenvalue weighted by atomic mass is 32.2. The van der Waals surface area contributed by atoms with Crippen LogP contribution < -0.4 is 10.9 Å². The van der Waals surface area contributed by atoms with E-state index in [1.165, 1.54) is 11.8 Å². The lowest BCUT2D eigenvalue weighted by Gasteiger charge is -2.14. The Morgan fingerprint density at radius 1 is 1.41 bits per heavy atom. The molecular formula is C15H16N4O2S. The summed E-state index contributed by atoms with van der Waals surface area (Å²) in [6.07, 6.45) is 3.46. The molecule has 3 heterocycles. The van der Waals surface area contributed by atoms with Gasteiger partial charge in [-0.1, -0.05) is 17.8 Å². The average Bonchev–Trinajstić information content (AvgIpc) is 2.89. The van der Waals surface area contributed by atoms with Gasteiger partial charge in [-0.05, 0) is 25.5 Å². The number of aryl methyl sites for hydroxylation is 2. The molecule has 0 saturated carbocycles. The van der Waals surface area contributed by atoms with E-state index >= 15 is 0 Å². The zero-order valence-electron chi connectivity index (χ0n) is 12.4. The number of aromatic nitrogens is 3. The van der Waals surface area contributed by atoms with Gasteiger partial charge in [0, 0.05) is 30.1 Å². The summed E-state index contributed by atoms with van der Waals surface area (Å²) in [6, 6.07) is 3.55. The molecule has 6 nitrogen and oxygen atoms in total. The Bertz CT molecular complexity index is 787. The average molecular weight is 316 g/mol. The van der Waals surface area contributed by atoms with Gasteiger partial charge in [0.05, 0.1) is 6.04 Å². The molecule has 1 atom stereocenters. The fourth-order valence-corrected chi connectivity index (χ4v) is 3.49. The Labute approximate surface area is 132 Å². The highest BCUT2D eigenvalue weighted by molar-refractivity contribution is 7.99. The molecule has 0 bridgehead atoms. The molecule has 1 aliphatic heterocycles. The maximum atomic E-state index is 12.2. The van der Waals surface area contributed by atoms with E-state index in [0.717, 1.165) is 5.56 Å². The molecule has 0 aromatic carbocycles. The van der Waals surface area contributed by atoms with Crippen molar-refractivity contribution in [1.82, 2.24) is 14.5 Å². The van der Waals surface area contributed by atoms with E-state index < -0.39 is 0 Å². The largest absolute Gasteiger partial charge is 0.310 e. The molecule has 2 aromatic rings. The van der Waals surface area contributed by atoms with E-state index in [1.807, 2.05) is 19.1 Å². The van der Waals surface area contributed by atoms with Crippen LogP contribution in [0.25, 0.3) is 0 Å². The summed E-state index contributed by atoms with van der Waals surface area (Å²) in [5.74, 6) is 1.10. The number of nitrogens with zero attached hydrogens (tertiary/aromatic N) is 3. The van der Waals surface area contributed by atoms with Crippen molar-refractivity contribution >= 4 is 23.5 Å².